The number of nitrogens with two attached hydrogens (primary N) is 5. The molecule has 48 nitrogen and oxygen atoms in total. The van der Waals surface area contributed by atoms with Crippen molar-refractivity contribution in [2.24, 2.45) is 21.1 Å². The Labute approximate surface area is 691 Å². The number of azide groups is 3. The number of nitrogens with zero attached hydrogens (tertiary/aromatic N) is 17. The number of anilines is 4. The Bertz CT molecular complexity index is 5200. The van der Waals surface area contributed by atoms with Crippen LogP contribution in [0.4, 0.5) is 23.3 Å². The molecular weight excluding hydrogens is 1720 g/mol. The molecule has 55 heteroatoms. The SMILES string of the molecule is CC(C)OP(=O)(Cl)Oc1ccccc1Cl.CC(C)OP(=O)(OC[C@H]1O[C@@H](n2ccc(N)nc2=O)[C@](C)(N=[N+]=[N-])[C@@H]1O)Oc1ccccc1Cl.CC(C)OP1(=O)OC[C@H]2O[C@@H](n3ccc(N)nc3=O)[C@](C)(N)[C@@H]2O1.CC(C)OP1(=O)OC[C@H]2O[C@@H](n3ccc(N)nc3=O)[C@](C)(N=[N+]=[N-])[C@@H]2O1.C[C@@]1(N=[N+]=[N-])[C@H](O)[C@@H](CO)O[C@H]1n1ccc(N)nc1=O. The first kappa shape index (κ1) is 96.3. The van der Waals surface area contributed by atoms with Crippen molar-refractivity contribution in [1.29, 1.82) is 0 Å². The number of aliphatic hydroxyl groups is 3. The summed E-state index contributed by atoms with van der Waals surface area (Å²) >= 11 is 17.5. The number of ether oxygens (including phenoxy) is 4. The Morgan fingerprint density at radius 2 is 0.899 bits per heavy atom. The lowest BCUT2D eigenvalue weighted by atomic mass is 9.93. The van der Waals surface area contributed by atoms with Gasteiger partial charge in [-0.15, -0.1) is 0 Å². The first-order valence-corrected chi connectivity index (χ1v) is 43.2. The molecule has 6 aliphatic heterocycles. The van der Waals surface area contributed by atoms with Gasteiger partial charge in [-0.1, -0.05) is 62.8 Å². The summed E-state index contributed by atoms with van der Waals surface area (Å²) in [5.41, 5.74) is 46.6. The summed E-state index contributed by atoms with van der Waals surface area (Å²) in [6, 6.07) is 18.5. The normalized spacial score (nSPS) is 30.7. The molecule has 0 radical (unpaired) electrons. The average Bonchev–Trinajstić information content (AvgIpc) is 1.44. The molecule has 2 aromatic carbocycles. The molecule has 119 heavy (non-hydrogen) atoms. The Hall–Kier alpha value is -8.20. The summed E-state index contributed by atoms with van der Waals surface area (Å²) in [5.74, 6) is 0.472. The van der Waals surface area contributed by atoms with Crippen molar-refractivity contribution in [3.05, 3.63) is 181 Å². The average molecular weight is 1810 g/mol. The molecule has 6 aromatic rings. The van der Waals surface area contributed by atoms with Crippen LogP contribution in [0.1, 0.15) is 108 Å². The second kappa shape index (κ2) is 39.8. The van der Waals surface area contributed by atoms with Crippen molar-refractivity contribution in [2.75, 3.05) is 49.4 Å². The van der Waals surface area contributed by atoms with E-state index in [0.29, 0.717) is 5.02 Å². The van der Waals surface area contributed by atoms with Crippen molar-refractivity contribution < 1.29 is 102 Å². The number of nitrogen functional groups attached to an aromatic ring is 4. The van der Waals surface area contributed by atoms with E-state index in [0.717, 1.165) is 13.7 Å². The Morgan fingerprint density at radius 3 is 1.29 bits per heavy atom. The van der Waals surface area contributed by atoms with Crippen molar-refractivity contribution in [1.82, 2.24) is 38.2 Å². The van der Waals surface area contributed by atoms with Gasteiger partial charge in [-0.05, 0) is 148 Å². The maximum absolute atomic E-state index is 13.3. The van der Waals surface area contributed by atoms with Crippen LogP contribution in [0.2, 0.25) is 10.0 Å². The quantitative estimate of drug-likeness (QED) is 0.0128. The number of phosphoric ester groups is 3. The fourth-order valence-electron chi connectivity index (χ4n) is 12.3. The first-order valence-electron chi connectivity index (χ1n) is 35.6. The Morgan fingerprint density at radius 1 is 0.546 bits per heavy atom. The van der Waals surface area contributed by atoms with Crippen LogP contribution in [-0.4, -0.2) is 175 Å². The van der Waals surface area contributed by atoms with Gasteiger partial charge in [0.1, 0.15) is 88.0 Å². The zero-order valence-electron chi connectivity index (χ0n) is 65.4. The number of fused-ring (bicyclic) bond motifs is 2. The minimum Gasteiger partial charge on any atom is -0.412 e. The minimum absolute atomic E-state index is 0.0187. The van der Waals surface area contributed by atoms with Gasteiger partial charge in [0.25, 0.3) is 0 Å². The van der Waals surface area contributed by atoms with E-state index in [4.69, 9.17) is 148 Å². The van der Waals surface area contributed by atoms with Crippen LogP contribution in [0, 0.1) is 0 Å². The van der Waals surface area contributed by atoms with Crippen molar-refractivity contribution in [3.8, 4) is 11.5 Å². The lowest BCUT2D eigenvalue weighted by Gasteiger charge is -2.36. The molecule has 12 rings (SSSR count). The van der Waals surface area contributed by atoms with Crippen molar-refractivity contribution >= 4 is 88.1 Å². The van der Waals surface area contributed by atoms with Gasteiger partial charge >= 0.3 is 53.2 Å². The number of aliphatic hydroxyl groups excluding tert-OH is 3. The maximum atomic E-state index is 13.3. The summed E-state index contributed by atoms with van der Waals surface area (Å²) in [7, 11) is -11.9. The Kier molecular flexibility index (Phi) is 32.2. The lowest BCUT2D eigenvalue weighted by molar-refractivity contribution is -0.0749. The van der Waals surface area contributed by atoms with E-state index in [1.54, 1.807) is 98.7 Å². The van der Waals surface area contributed by atoms with E-state index in [9.17, 15) is 52.8 Å². The molecule has 13 N–H and O–H groups in total. The number of phosphoric acid groups is 3. The molecule has 0 amide bonds. The number of halogens is 3. The van der Waals surface area contributed by atoms with Crippen molar-refractivity contribution in [3.63, 3.8) is 0 Å². The zero-order chi connectivity index (χ0) is 88.3. The highest BCUT2D eigenvalue weighted by molar-refractivity contribution is 7.81. The van der Waals surface area contributed by atoms with Crippen LogP contribution in [0.5, 0.6) is 11.5 Å². The largest absolute Gasteiger partial charge is 0.530 e. The van der Waals surface area contributed by atoms with Crippen LogP contribution in [0.25, 0.3) is 31.3 Å². The van der Waals surface area contributed by atoms with Crippen LogP contribution in [-0.2, 0) is 77.9 Å². The first-order chi connectivity index (χ1) is 55.6. The fraction of sp³-hybridized carbons (Fsp3) is 0.562. The number of rotatable bonds is 23. The standard InChI is InChI=1S/C19H24ClN6O7P.C13H19N6O6P.C13H21N4O6P.C10H14N6O4.C9H11Cl2O3P/c1-11(2)32-34(29,33-13-7-5-4-6-12(13)20)30-10-14-16(27)19(3,24-25-22)17(31-14)26-9-8-15(21)23-18(26)28;1-7(2)24-26(21)22-6-8-10(25-26)13(3,17-18-15)11(23-8)19-5-4-9(14)16-12(19)20;1-7(2)22-24(19)20-6-8-10(23-24)13(3,15)11(21-8)17-5-4-9(14)16-12(17)18;1-10(14-15-12)7(18)5(4-17)20-8(10)16-3-2-6(11)13-9(16)19;1-7(2)13-15(11,12)14-9-6-4-3-5-8(9)10/h4-9,11,14,16-17,27H,10H2,1-3H3,(H2,21,23,28);4-5,7-8,10-11H,6H2,1-3H3,(H2,14,16,20);4-5,7-8,10-11H,6,15H2,1-3H3,(H2,14,16,18);2-3,5,7-8,17-18H,4H2,1H3,(H2,11,13,19);3-7H,1-2H3/t14-,16-,17-,19-,34?;8-,10-,11-,13-,26?;8-,10-,11-,13-,24?;5-,7-,8-,10-;/m1111./s1. The zero-order valence-corrected chi connectivity index (χ0v) is 71.3. The van der Waals surface area contributed by atoms with E-state index in [1.807, 2.05) is 0 Å². The van der Waals surface area contributed by atoms with Gasteiger partial charge in [-0.3, -0.25) is 59.0 Å². The summed E-state index contributed by atoms with van der Waals surface area (Å²) in [4.78, 5) is 71.3. The predicted octanol–water partition coefficient (Wildman–Crippen LogP) is 9.20. The second-order valence-corrected chi connectivity index (χ2v) is 36.3. The van der Waals surface area contributed by atoms with Crippen LogP contribution in [0.15, 0.2) is 132 Å². The van der Waals surface area contributed by atoms with Gasteiger partial charge in [0, 0.05) is 50.8 Å². The Balaban J connectivity index is 0.000000190. The number of hydrogen-bond donors (Lipinski definition) is 8. The summed E-state index contributed by atoms with van der Waals surface area (Å²) < 4.78 is 136. The van der Waals surface area contributed by atoms with Crippen LogP contribution < -0.4 is 60.5 Å². The third-order valence-corrected chi connectivity index (χ3v) is 24.5. The van der Waals surface area contributed by atoms with E-state index in [-0.39, 0.29) is 65.2 Å². The topological polar surface area (TPSA) is 683 Å². The second-order valence-electron chi connectivity index (χ2n) is 28.3. The number of benzene rings is 2. The van der Waals surface area contributed by atoms with E-state index < -0.39 is 174 Å². The molecule has 0 saturated carbocycles. The van der Waals surface area contributed by atoms with Gasteiger partial charge in [0.15, 0.2) is 24.9 Å². The van der Waals surface area contributed by atoms with Gasteiger partial charge in [0.2, 0.25) is 0 Å². The molecule has 0 spiro atoms. The van der Waals surface area contributed by atoms with Crippen LogP contribution in [0.3, 0.4) is 0 Å². The maximum Gasteiger partial charge on any atom is 0.530 e. The third-order valence-electron chi connectivity index (χ3n) is 17.5. The lowest BCUT2D eigenvalue weighted by Crippen LogP contribution is -2.55. The third kappa shape index (κ3) is 23.3. The molecule has 6 saturated heterocycles. The number of hydrogen-bond acceptors (Lipinski definition) is 38. The van der Waals surface area contributed by atoms with E-state index in [1.165, 1.54) is 86.5 Å². The molecule has 4 unspecified atom stereocenters. The van der Waals surface area contributed by atoms with Gasteiger partial charge in [-0.25, -0.2) is 37.4 Å². The van der Waals surface area contributed by atoms with E-state index >= 15 is 0 Å². The summed E-state index contributed by atoms with van der Waals surface area (Å²) in [6.45, 7) is 14.8. The van der Waals surface area contributed by atoms with Gasteiger partial charge in [-0.2, -0.15) is 19.9 Å². The number of aromatic nitrogens is 8. The molecule has 10 heterocycles. The molecule has 6 aliphatic rings. The van der Waals surface area contributed by atoms with Gasteiger partial charge < -0.3 is 72.0 Å². The van der Waals surface area contributed by atoms with Crippen LogP contribution >= 0.6 is 64.9 Å². The minimum atomic E-state index is -4.24. The molecule has 6 fully saturated rings. The molecule has 0 bridgehead atoms. The number of para-hydroxylation sites is 2. The summed E-state index contributed by atoms with van der Waals surface area (Å²) in [5, 5.41) is 41.7. The van der Waals surface area contributed by atoms with Gasteiger partial charge in [0.05, 0.1) is 78.6 Å². The molecule has 20 atom stereocenters. The molecule has 652 valence electrons. The summed E-state index contributed by atoms with van der Waals surface area (Å²) in [6.07, 6.45) is -8.36. The highest BCUT2D eigenvalue weighted by Crippen LogP contribution is 2.62. The molecule has 0 aliphatic carbocycles. The fourth-order valence-corrected chi connectivity index (χ4v) is 19.1. The van der Waals surface area contributed by atoms with E-state index in [2.05, 4.69) is 50.0 Å². The monoisotopic (exact) mass is 1810 g/mol. The highest BCUT2D eigenvalue weighted by atomic mass is 35.7. The predicted molar refractivity (Wildman–Crippen MR) is 425 cm³/mol. The highest BCUT2D eigenvalue weighted by Gasteiger charge is 2.63. The molecule has 4 aromatic heterocycles. The van der Waals surface area contributed by atoms with Crippen molar-refractivity contribution in [2.45, 2.75) is 203 Å². The smallest absolute Gasteiger partial charge is 0.412 e. The molecular formula is C64H89Cl3N22O26P4.